The molecule has 146 valence electrons. The van der Waals surface area contributed by atoms with Crippen LogP contribution in [0.15, 0.2) is 53.0 Å². The average molecular weight is 443 g/mol. The van der Waals surface area contributed by atoms with E-state index in [1.807, 2.05) is 48.5 Å². The van der Waals surface area contributed by atoms with Crippen molar-refractivity contribution in [2.75, 3.05) is 12.0 Å². The van der Waals surface area contributed by atoms with E-state index < -0.39 is 0 Å². The summed E-state index contributed by atoms with van der Waals surface area (Å²) in [5.74, 6) is 1.71. The second-order valence-electron chi connectivity index (χ2n) is 7.65. The third-order valence-electron chi connectivity index (χ3n) is 5.62. The third-order valence-corrected chi connectivity index (χ3v) is 6.15. The first kappa shape index (κ1) is 19.0. The Morgan fingerprint density at radius 3 is 2.25 bits per heavy atom. The molecule has 28 heavy (non-hydrogen) atoms. The van der Waals surface area contributed by atoms with Crippen molar-refractivity contribution >= 4 is 33.4 Å². The first-order valence-electron chi connectivity index (χ1n) is 9.64. The molecule has 4 rings (SSSR count). The number of benzene rings is 2. The minimum absolute atomic E-state index is 0.0235. The number of halogens is 1. The lowest BCUT2D eigenvalue weighted by atomic mass is 9.76. The Labute approximate surface area is 173 Å². The Balaban J connectivity index is 1.35. The Hall–Kier alpha value is -2.34. The molecule has 2 aromatic rings. The topological polar surface area (TPSA) is 58.6 Å². The van der Waals surface area contributed by atoms with Gasteiger partial charge < -0.3 is 10.1 Å². The van der Waals surface area contributed by atoms with Crippen molar-refractivity contribution in [3.05, 3.63) is 53.0 Å². The number of rotatable bonds is 5. The summed E-state index contributed by atoms with van der Waals surface area (Å²) in [5.41, 5.74) is 0.840. The van der Waals surface area contributed by atoms with Gasteiger partial charge in [0.1, 0.15) is 11.5 Å². The Bertz CT molecular complexity index is 866. The highest BCUT2D eigenvalue weighted by Gasteiger charge is 2.49. The van der Waals surface area contributed by atoms with E-state index in [2.05, 4.69) is 28.2 Å². The van der Waals surface area contributed by atoms with E-state index >= 15 is 0 Å². The smallest absolute Gasteiger partial charge is 0.234 e. The van der Waals surface area contributed by atoms with Gasteiger partial charge in [0.2, 0.25) is 11.8 Å². The number of anilines is 1. The Morgan fingerprint density at radius 1 is 0.964 bits per heavy atom. The molecule has 1 N–H and O–H groups in total. The average Bonchev–Trinajstić information content (AvgIpc) is 2.93. The van der Waals surface area contributed by atoms with E-state index in [-0.39, 0.29) is 30.3 Å². The van der Waals surface area contributed by atoms with E-state index in [4.69, 9.17) is 4.74 Å². The number of carbonyl (C=O) groups excluding carboxylic acids is 2. The largest absolute Gasteiger partial charge is 0.457 e. The summed E-state index contributed by atoms with van der Waals surface area (Å²) in [4.78, 5) is 26.6. The van der Waals surface area contributed by atoms with Crippen molar-refractivity contribution in [2.45, 2.75) is 26.2 Å². The molecule has 2 amide bonds. The first-order valence-corrected chi connectivity index (χ1v) is 10.4. The second kappa shape index (κ2) is 7.95. The van der Waals surface area contributed by atoms with Crippen molar-refractivity contribution in [3.63, 3.8) is 0 Å². The molecule has 0 radical (unpaired) electrons. The molecule has 1 saturated carbocycles. The molecular weight excluding hydrogens is 420 g/mol. The molecule has 6 heteroatoms. The Morgan fingerprint density at radius 2 is 1.57 bits per heavy atom. The van der Waals surface area contributed by atoms with Crippen molar-refractivity contribution in [1.29, 1.82) is 0 Å². The van der Waals surface area contributed by atoms with E-state index in [0.29, 0.717) is 5.92 Å². The number of hydrogen-bond acceptors (Lipinski definition) is 4. The quantitative estimate of drug-likeness (QED) is 0.659. The van der Waals surface area contributed by atoms with Gasteiger partial charge in [0.05, 0.1) is 18.5 Å². The standard InChI is InChI=1S/C22H23BrN2O3/c1-14-2-11-19-20(12-14)22(27)25(21(19)26)13-24-16-5-9-18(10-6-16)28-17-7-3-15(23)4-8-17/h3-10,14,19-20,24H,2,11-13H2,1H3/t14-,19-,20-/m1/s1. The van der Waals surface area contributed by atoms with Crippen LogP contribution < -0.4 is 10.1 Å². The number of fused-ring (bicyclic) bond motifs is 1. The first-order chi connectivity index (χ1) is 13.5. The predicted molar refractivity (Wildman–Crippen MR) is 111 cm³/mol. The van der Waals surface area contributed by atoms with Crippen molar-refractivity contribution in [2.24, 2.45) is 17.8 Å². The van der Waals surface area contributed by atoms with E-state index in [0.717, 1.165) is 40.9 Å². The van der Waals surface area contributed by atoms with Crippen LogP contribution in [0.25, 0.3) is 0 Å². The van der Waals surface area contributed by atoms with Crippen LogP contribution in [0.2, 0.25) is 0 Å². The van der Waals surface area contributed by atoms with Crippen molar-refractivity contribution < 1.29 is 14.3 Å². The minimum atomic E-state index is -0.125. The van der Waals surface area contributed by atoms with E-state index in [1.165, 1.54) is 4.90 Å². The lowest BCUT2D eigenvalue weighted by molar-refractivity contribution is -0.139. The summed E-state index contributed by atoms with van der Waals surface area (Å²) in [6.07, 6.45) is 2.68. The van der Waals surface area contributed by atoms with Gasteiger partial charge in [-0.2, -0.15) is 0 Å². The number of ether oxygens (including phenoxy) is 1. The fraction of sp³-hybridized carbons (Fsp3) is 0.364. The number of amides is 2. The highest BCUT2D eigenvalue weighted by molar-refractivity contribution is 9.10. The van der Waals surface area contributed by atoms with Crippen LogP contribution in [0.4, 0.5) is 5.69 Å². The lowest BCUT2D eigenvalue weighted by Gasteiger charge is -2.25. The molecule has 2 aliphatic rings. The minimum Gasteiger partial charge on any atom is -0.457 e. The summed E-state index contributed by atoms with van der Waals surface area (Å²) in [5, 5.41) is 3.19. The molecule has 1 aliphatic heterocycles. The molecule has 3 atom stereocenters. The van der Waals surface area contributed by atoms with Gasteiger partial charge in [0.15, 0.2) is 0 Å². The van der Waals surface area contributed by atoms with Gasteiger partial charge in [0.25, 0.3) is 0 Å². The molecule has 0 unspecified atom stereocenters. The zero-order chi connectivity index (χ0) is 19.7. The van der Waals surface area contributed by atoms with Gasteiger partial charge in [0, 0.05) is 10.2 Å². The highest BCUT2D eigenvalue weighted by Crippen LogP contribution is 2.40. The van der Waals surface area contributed by atoms with Gasteiger partial charge in [-0.05, 0) is 73.7 Å². The van der Waals surface area contributed by atoms with Crippen molar-refractivity contribution in [3.8, 4) is 11.5 Å². The summed E-state index contributed by atoms with van der Waals surface area (Å²) in [6.45, 7) is 2.37. The van der Waals surface area contributed by atoms with Crippen LogP contribution in [0, 0.1) is 17.8 Å². The summed E-state index contributed by atoms with van der Waals surface area (Å²) < 4.78 is 6.81. The third kappa shape index (κ3) is 3.92. The van der Waals surface area contributed by atoms with Gasteiger partial charge in [-0.1, -0.05) is 22.9 Å². The van der Waals surface area contributed by atoms with Gasteiger partial charge in [-0.15, -0.1) is 0 Å². The fourth-order valence-corrected chi connectivity index (χ4v) is 4.33. The van der Waals surface area contributed by atoms with E-state index in [1.54, 1.807) is 0 Å². The molecule has 1 saturated heterocycles. The van der Waals surface area contributed by atoms with Gasteiger partial charge >= 0.3 is 0 Å². The number of carbonyl (C=O) groups is 2. The number of hydrogen-bond donors (Lipinski definition) is 1. The molecule has 1 heterocycles. The van der Waals surface area contributed by atoms with Gasteiger partial charge in [-0.25, -0.2) is 0 Å². The predicted octanol–water partition coefficient (Wildman–Crippen LogP) is 5.03. The molecule has 2 aromatic carbocycles. The molecule has 0 aromatic heterocycles. The van der Waals surface area contributed by atoms with E-state index in [9.17, 15) is 9.59 Å². The number of imide groups is 1. The van der Waals surface area contributed by atoms with Crippen LogP contribution in [0.3, 0.4) is 0 Å². The maximum atomic E-state index is 12.6. The summed E-state index contributed by atoms with van der Waals surface area (Å²) in [6, 6.07) is 15.1. The number of nitrogens with one attached hydrogen (secondary N) is 1. The van der Waals surface area contributed by atoms with Crippen molar-refractivity contribution in [1.82, 2.24) is 4.90 Å². The van der Waals surface area contributed by atoms with Crippen LogP contribution >= 0.6 is 15.9 Å². The number of nitrogens with zero attached hydrogens (tertiary/aromatic N) is 1. The fourth-order valence-electron chi connectivity index (χ4n) is 4.06. The normalized spacial score (nSPS) is 24.2. The molecular formula is C22H23BrN2O3. The lowest BCUT2D eigenvalue weighted by Crippen LogP contribution is -2.35. The molecule has 1 aliphatic carbocycles. The number of likely N-dealkylation sites (tertiary alicyclic amines) is 1. The zero-order valence-electron chi connectivity index (χ0n) is 15.7. The molecule has 0 spiro atoms. The summed E-state index contributed by atoms with van der Waals surface area (Å²) in [7, 11) is 0. The zero-order valence-corrected chi connectivity index (χ0v) is 17.3. The van der Waals surface area contributed by atoms with Gasteiger partial charge in [-0.3, -0.25) is 14.5 Å². The Kier molecular flexibility index (Phi) is 5.40. The maximum Gasteiger partial charge on any atom is 0.234 e. The van der Waals surface area contributed by atoms with Crippen LogP contribution in [0.1, 0.15) is 26.2 Å². The van der Waals surface area contributed by atoms with Crippen LogP contribution in [-0.2, 0) is 9.59 Å². The molecule has 2 fully saturated rings. The highest BCUT2D eigenvalue weighted by atomic mass is 79.9. The van der Waals surface area contributed by atoms with Crippen LogP contribution in [0.5, 0.6) is 11.5 Å². The molecule has 0 bridgehead atoms. The monoisotopic (exact) mass is 442 g/mol. The SMILES string of the molecule is C[C@@H]1CC[C@H]2C(=O)N(CNc3ccc(Oc4ccc(Br)cc4)cc3)C(=O)[C@@H]2C1. The second-order valence-corrected chi connectivity index (χ2v) is 8.57. The molecule has 5 nitrogen and oxygen atoms in total. The summed E-state index contributed by atoms with van der Waals surface area (Å²) >= 11 is 3.40. The maximum absolute atomic E-state index is 12.6. The van der Waals surface area contributed by atoms with Crippen LogP contribution in [-0.4, -0.2) is 23.4 Å².